The van der Waals surface area contributed by atoms with Gasteiger partial charge in [0.25, 0.3) is 0 Å². The fourth-order valence-electron chi connectivity index (χ4n) is 2.16. The van der Waals surface area contributed by atoms with Crippen LogP contribution in [0, 0.1) is 0 Å². The van der Waals surface area contributed by atoms with E-state index in [1.165, 1.54) is 23.3 Å². The molecule has 0 spiro atoms. The molecule has 1 unspecified atom stereocenters. The van der Waals surface area contributed by atoms with E-state index in [1.807, 2.05) is 0 Å². The van der Waals surface area contributed by atoms with Crippen molar-refractivity contribution in [3.05, 3.63) is 52.2 Å². The van der Waals surface area contributed by atoms with E-state index in [4.69, 9.17) is 4.74 Å². The fraction of sp³-hybridized carbons (Fsp3) is 0.375. The van der Waals surface area contributed by atoms with Crippen molar-refractivity contribution in [2.24, 2.45) is 0 Å². The van der Waals surface area contributed by atoms with Gasteiger partial charge in [0.2, 0.25) is 0 Å². The zero-order valence-electron chi connectivity index (χ0n) is 11.1. The third-order valence-corrected chi connectivity index (χ3v) is 4.21. The number of thiophene rings is 1. The van der Waals surface area contributed by atoms with Crippen LogP contribution in [0.1, 0.15) is 36.2 Å². The van der Waals surface area contributed by atoms with E-state index in [0.29, 0.717) is 12.1 Å². The van der Waals surface area contributed by atoms with Crippen molar-refractivity contribution < 1.29 is 4.74 Å². The number of hydrogen-bond acceptors (Lipinski definition) is 3. The molecule has 0 saturated heterocycles. The first-order valence-corrected chi connectivity index (χ1v) is 7.78. The third kappa shape index (κ3) is 3.17. The van der Waals surface area contributed by atoms with Crippen LogP contribution in [0.15, 0.2) is 41.8 Å². The van der Waals surface area contributed by atoms with E-state index in [2.05, 4.69) is 54.0 Å². The number of rotatable bonds is 6. The summed E-state index contributed by atoms with van der Waals surface area (Å²) in [5.74, 6) is 0.993. The molecule has 19 heavy (non-hydrogen) atoms. The van der Waals surface area contributed by atoms with E-state index in [9.17, 15) is 0 Å². The minimum Gasteiger partial charge on any atom is -0.490 e. The highest BCUT2D eigenvalue weighted by Gasteiger charge is 2.23. The summed E-state index contributed by atoms with van der Waals surface area (Å²) in [6, 6.07) is 13.1. The van der Waals surface area contributed by atoms with Gasteiger partial charge in [-0.1, -0.05) is 25.1 Å². The van der Waals surface area contributed by atoms with Gasteiger partial charge in [-0.2, -0.15) is 0 Å². The summed E-state index contributed by atoms with van der Waals surface area (Å²) >= 11 is 1.80. The van der Waals surface area contributed by atoms with Crippen molar-refractivity contribution in [1.82, 2.24) is 5.32 Å². The molecular weight excluding hydrogens is 254 g/mol. The van der Waals surface area contributed by atoms with E-state index in [0.717, 1.165) is 12.3 Å². The predicted molar refractivity (Wildman–Crippen MR) is 79.9 cm³/mol. The molecule has 1 aromatic heterocycles. The van der Waals surface area contributed by atoms with Crippen LogP contribution < -0.4 is 10.1 Å². The van der Waals surface area contributed by atoms with E-state index >= 15 is 0 Å². The molecule has 2 nitrogen and oxygen atoms in total. The monoisotopic (exact) mass is 273 g/mol. The third-order valence-electron chi connectivity index (χ3n) is 3.28. The Morgan fingerprint density at radius 2 is 2.05 bits per heavy atom. The number of ether oxygens (including phenoxy) is 1. The van der Waals surface area contributed by atoms with Crippen molar-refractivity contribution in [2.45, 2.75) is 31.9 Å². The first-order valence-electron chi connectivity index (χ1n) is 6.90. The van der Waals surface area contributed by atoms with Gasteiger partial charge in [0.1, 0.15) is 5.75 Å². The first-order chi connectivity index (χ1) is 9.36. The molecule has 0 amide bonds. The Bertz CT molecular complexity index is 502. The lowest BCUT2D eigenvalue weighted by Gasteiger charge is -2.17. The Morgan fingerprint density at radius 1 is 1.26 bits per heavy atom. The minimum absolute atomic E-state index is 0.292. The maximum atomic E-state index is 5.79. The van der Waals surface area contributed by atoms with Gasteiger partial charge in [0, 0.05) is 4.88 Å². The van der Waals surface area contributed by atoms with Gasteiger partial charge in [0.05, 0.1) is 12.1 Å². The topological polar surface area (TPSA) is 21.3 Å². The highest BCUT2D eigenvalue weighted by Crippen LogP contribution is 2.30. The lowest BCUT2D eigenvalue weighted by Crippen LogP contribution is -2.20. The number of hydrogen-bond donors (Lipinski definition) is 1. The molecule has 1 fully saturated rings. The largest absolute Gasteiger partial charge is 0.490 e. The number of benzene rings is 1. The van der Waals surface area contributed by atoms with Gasteiger partial charge in [-0.3, -0.25) is 0 Å². The molecule has 1 saturated carbocycles. The summed E-state index contributed by atoms with van der Waals surface area (Å²) in [5, 5.41) is 5.67. The average Bonchev–Trinajstić information content (AvgIpc) is 3.08. The zero-order chi connectivity index (χ0) is 13.1. The second-order valence-corrected chi connectivity index (χ2v) is 5.87. The molecule has 1 aliphatic rings. The van der Waals surface area contributed by atoms with Crippen LogP contribution in [0.5, 0.6) is 5.75 Å². The van der Waals surface area contributed by atoms with Crippen LogP contribution in [-0.2, 0) is 0 Å². The summed E-state index contributed by atoms with van der Waals surface area (Å²) in [4.78, 5) is 1.36. The van der Waals surface area contributed by atoms with Gasteiger partial charge in [0.15, 0.2) is 0 Å². The van der Waals surface area contributed by atoms with Crippen molar-refractivity contribution >= 4 is 11.3 Å². The van der Waals surface area contributed by atoms with Gasteiger partial charge >= 0.3 is 0 Å². The molecule has 1 atom stereocenters. The Balaban J connectivity index is 1.77. The van der Waals surface area contributed by atoms with E-state index < -0.39 is 0 Å². The van der Waals surface area contributed by atoms with Crippen LogP contribution in [0.3, 0.4) is 0 Å². The molecule has 3 rings (SSSR count). The lowest BCUT2D eigenvalue weighted by molar-refractivity contribution is 0.303. The molecule has 0 aliphatic heterocycles. The maximum Gasteiger partial charge on any atom is 0.119 e. The van der Waals surface area contributed by atoms with Crippen LogP contribution in [0.25, 0.3) is 0 Å². The van der Waals surface area contributed by atoms with Crippen LogP contribution in [0.2, 0.25) is 0 Å². The Kier molecular flexibility index (Phi) is 3.85. The zero-order valence-corrected chi connectivity index (χ0v) is 12.0. The van der Waals surface area contributed by atoms with Crippen molar-refractivity contribution in [1.29, 1.82) is 0 Å². The van der Waals surface area contributed by atoms with Crippen molar-refractivity contribution in [2.75, 3.05) is 6.54 Å². The first kappa shape index (κ1) is 12.7. The van der Waals surface area contributed by atoms with Gasteiger partial charge in [-0.25, -0.2) is 0 Å². The van der Waals surface area contributed by atoms with Crippen molar-refractivity contribution in [3.63, 3.8) is 0 Å². The van der Waals surface area contributed by atoms with Crippen LogP contribution in [0.4, 0.5) is 0 Å². The highest BCUT2D eigenvalue weighted by molar-refractivity contribution is 7.10. The van der Waals surface area contributed by atoms with E-state index in [1.54, 1.807) is 11.3 Å². The summed E-state index contributed by atoms with van der Waals surface area (Å²) < 4.78 is 5.79. The SMILES string of the molecule is CCNC(c1ccc(OC2CC2)cc1)c1cccs1. The lowest BCUT2D eigenvalue weighted by atomic mass is 10.1. The molecule has 1 heterocycles. The second kappa shape index (κ2) is 5.76. The molecule has 1 N–H and O–H groups in total. The number of nitrogens with one attached hydrogen (secondary N) is 1. The second-order valence-electron chi connectivity index (χ2n) is 4.89. The minimum atomic E-state index is 0.292. The Morgan fingerprint density at radius 3 is 2.63 bits per heavy atom. The average molecular weight is 273 g/mol. The molecule has 100 valence electrons. The van der Waals surface area contributed by atoms with Gasteiger partial charge < -0.3 is 10.1 Å². The molecule has 0 bridgehead atoms. The summed E-state index contributed by atoms with van der Waals surface area (Å²) in [7, 11) is 0. The molecule has 3 heteroatoms. The Hall–Kier alpha value is -1.32. The summed E-state index contributed by atoms with van der Waals surface area (Å²) in [6.07, 6.45) is 2.88. The normalized spacial score (nSPS) is 16.3. The molecular formula is C16H19NOS. The van der Waals surface area contributed by atoms with Gasteiger partial charge in [-0.05, 0) is 48.5 Å². The van der Waals surface area contributed by atoms with Gasteiger partial charge in [-0.15, -0.1) is 11.3 Å². The standard InChI is InChI=1S/C16H19NOS/c1-2-17-16(15-4-3-11-19-15)12-5-7-13(8-6-12)18-14-9-10-14/h3-8,11,14,16-17H,2,9-10H2,1H3. The molecule has 0 radical (unpaired) electrons. The smallest absolute Gasteiger partial charge is 0.119 e. The fourth-order valence-corrected chi connectivity index (χ4v) is 2.99. The van der Waals surface area contributed by atoms with Crippen LogP contribution in [-0.4, -0.2) is 12.6 Å². The Labute approximate surface area is 118 Å². The summed E-state index contributed by atoms with van der Waals surface area (Å²) in [5.41, 5.74) is 1.30. The van der Waals surface area contributed by atoms with Crippen LogP contribution >= 0.6 is 11.3 Å². The highest BCUT2D eigenvalue weighted by atomic mass is 32.1. The summed E-state index contributed by atoms with van der Waals surface area (Å²) in [6.45, 7) is 3.11. The molecule has 2 aromatic rings. The molecule has 1 aromatic carbocycles. The molecule has 1 aliphatic carbocycles. The quantitative estimate of drug-likeness (QED) is 0.859. The maximum absolute atomic E-state index is 5.79. The van der Waals surface area contributed by atoms with Crippen molar-refractivity contribution in [3.8, 4) is 5.75 Å². The van der Waals surface area contributed by atoms with E-state index in [-0.39, 0.29) is 0 Å². The predicted octanol–water partition coefficient (Wildman–Crippen LogP) is 3.99.